The molecule has 0 aliphatic carbocycles. The Balaban J connectivity index is 2.39. The molecule has 118 valence electrons. The first-order valence-corrected chi connectivity index (χ1v) is 7.55. The summed E-state index contributed by atoms with van der Waals surface area (Å²) < 4.78 is 69.7. The predicted octanol–water partition coefficient (Wildman–Crippen LogP) is 3.51. The van der Waals surface area contributed by atoms with Crippen molar-refractivity contribution in [3.05, 3.63) is 54.1 Å². The quantitative estimate of drug-likeness (QED) is 0.933. The van der Waals surface area contributed by atoms with Crippen molar-refractivity contribution < 1.29 is 26.3 Å². The fraction of sp³-hybridized carbons (Fsp3) is 0.143. The zero-order valence-electron chi connectivity index (χ0n) is 11.4. The van der Waals surface area contributed by atoms with Gasteiger partial charge in [0.05, 0.1) is 17.6 Å². The first-order chi connectivity index (χ1) is 10.2. The van der Waals surface area contributed by atoms with Crippen LogP contribution in [0.5, 0.6) is 5.75 Å². The topological polar surface area (TPSA) is 55.4 Å². The van der Waals surface area contributed by atoms with Gasteiger partial charge >= 0.3 is 6.18 Å². The molecule has 8 heteroatoms. The number of methoxy groups -OCH3 is 1. The highest BCUT2D eigenvalue weighted by Crippen LogP contribution is 2.38. The number of ether oxygens (including phenoxy) is 1. The molecule has 0 heterocycles. The standard InChI is InChI=1S/C14H12F3NO3S/c1-21-13-8-7-10(9-12(13)14(15,16)17)18-22(19,20)11-5-3-2-4-6-11/h2-9,18H,1H3. The van der Waals surface area contributed by atoms with Gasteiger partial charge in [0.2, 0.25) is 0 Å². The molecule has 2 rings (SSSR count). The molecule has 0 amide bonds. The van der Waals surface area contributed by atoms with Gasteiger partial charge in [0.1, 0.15) is 5.75 Å². The zero-order chi connectivity index (χ0) is 16.4. The lowest BCUT2D eigenvalue weighted by molar-refractivity contribution is -0.138. The van der Waals surface area contributed by atoms with Crippen molar-refractivity contribution in [3.8, 4) is 5.75 Å². The molecule has 0 aliphatic heterocycles. The van der Waals surface area contributed by atoms with Crippen molar-refractivity contribution in [1.82, 2.24) is 0 Å². The highest BCUT2D eigenvalue weighted by Gasteiger charge is 2.34. The Hall–Kier alpha value is -2.22. The number of rotatable bonds is 4. The summed E-state index contributed by atoms with van der Waals surface area (Å²) in [6.07, 6.45) is -4.65. The summed E-state index contributed by atoms with van der Waals surface area (Å²) in [7, 11) is -2.84. The molecule has 0 bridgehead atoms. The van der Waals surface area contributed by atoms with E-state index in [-0.39, 0.29) is 16.3 Å². The second-order valence-electron chi connectivity index (χ2n) is 4.33. The largest absolute Gasteiger partial charge is 0.496 e. The van der Waals surface area contributed by atoms with Crippen LogP contribution in [0.3, 0.4) is 0 Å². The third-order valence-electron chi connectivity index (χ3n) is 2.81. The van der Waals surface area contributed by atoms with E-state index in [9.17, 15) is 21.6 Å². The van der Waals surface area contributed by atoms with Gasteiger partial charge in [-0.2, -0.15) is 13.2 Å². The van der Waals surface area contributed by atoms with Crippen molar-refractivity contribution >= 4 is 15.7 Å². The number of anilines is 1. The van der Waals surface area contributed by atoms with Gasteiger partial charge in [-0.3, -0.25) is 4.72 Å². The molecule has 0 fully saturated rings. The van der Waals surface area contributed by atoms with Crippen LogP contribution in [0.2, 0.25) is 0 Å². The molecule has 0 unspecified atom stereocenters. The van der Waals surface area contributed by atoms with Crippen LogP contribution in [0.1, 0.15) is 5.56 Å². The molecule has 2 aromatic carbocycles. The fourth-order valence-corrected chi connectivity index (χ4v) is 2.88. The fourth-order valence-electron chi connectivity index (χ4n) is 1.81. The Kier molecular flexibility index (Phi) is 4.32. The van der Waals surface area contributed by atoms with Crippen molar-refractivity contribution in [3.63, 3.8) is 0 Å². The van der Waals surface area contributed by atoms with Crippen LogP contribution in [0.4, 0.5) is 18.9 Å². The molecule has 0 saturated carbocycles. The van der Waals surface area contributed by atoms with E-state index in [4.69, 9.17) is 0 Å². The van der Waals surface area contributed by atoms with E-state index in [0.29, 0.717) is 6.07 Å². The summed E-state index contributed by atoms with van der Waals surface area (Å²) in [5, 5.41) is 0. The van der Waals surface area contributed by atoms with Gasteiger partial charge in [-0.15, -0.1) is 0 Å². The number of halogens is 3. The van der Waals surface area contributed by atoms with Gasteiger partial charge in [0, 0.05) is 5.69 Å². The van der Waals surface area contributed by atoms with Gasteiger partial charge in [0.15, 0.2) is 0 Å². The normalized spacial score (nSPS) is 12.0. The van der Waals surface area contributed by atoms with Crippen LogP contribution in [0.25, 0.3) is 0 Å². The number of benzene rings is 2. The Morgan fingerprint density at radius 2 is 1.68 bits per heavy atom. The smallest absolute Gasteiger partial charge is 0.420 e. The summed E-state index contributed by atoms with van der Waals surface area (Å²) in [5.74, 6) is -0.379. The average molecular weight is 331 g/mol. The molecule has 0 saturated heterocycles. The number of alkyl halides is 3. The highest BCUT2D eigenvalue weighted by molar-refractivity contribution is 7.92. The van der Waals surface area contributed by atoms with Gasteiger partial charge in [0.25, 0.3) is 10.0 Å². The molecule has 2 aromatic rings. The van der Waals surface area contributed by atoms with Crippen molar-refractivity contribution in [2.75, 3.05) is 11.8 Å². The van der Waals surface area contributed by atoms with Crippen molar-refractivity contribution in [2.45, 2.75) is 11.1 Å². The average Bonchev–Trinajstić information content (AvgIpc) is 2.47. The van der Waals surface area contributed by atoms with Gasteiger partial charge < -0.3 is 4.74 Å². The first kappa shape index (κ1) is 16.2. The Labute approximate surface area is 125 Å². The van der Waals surface area contributed by atoms with E-state index in [1.807, 2.05) is 0 Å². The lowest BCUT2D eigenvalue weighted by Crippen LogP contribution is -2.14. The monoisotopic (exact) mass is 331 g/mol. The first-order valence-electron chi connectivity index (χ1n) is 6.07. The molecule has 0 aromatic heterocycles. The lowest BCUT2D eigenvalue weighted by atomic mass is 10.1. The maximum Gasteiger partial charge on any atom is 0.420 e. The van der Waals surface area contributed by atoms with Crippen molar-refractivity contribution in [2.24, 2.45) is 0 Å². The van der Waals surface area contributed by atoms with Crippen LogP contribution in [0.15, 0.2) is 53.4 Å². The molecular weight excluding hydrogens is 319 g/mol. The molecule has 0 radical (unpaired) electrons. The molecule has 0 aliphatic rings. The summed E-state index contributed by atoms with van der Waals surface area (Å²) in [4.78, 5) is -0.0422. The molecule has 22 heavy (non-hydrogen) atoms. The Morgan fingerprint density at radius 1 is 1.05 bits per heavy atom. The lowest BCUT2D eigenvalue weighted by Gasteiger charge is -2.14. The number of hydrogen-bond acceptors (Lipinski definition) is 3. The van der Waals surface area contributed by atoms with Crippen molar-refractivity contribution in [1.29, 1.82) is 0 Å². The van der Waals surface area contributed by atoms with E-state index in [0.717, 1.165) is 13.2 Å². The molecule has 4 nitrogen and oxygen atoms in total. The number of nitrogens with one attached hydrogen (secondary N) is 1. The second-order valence-corrected chi connectivity index (χ2v) is 6.01. The summed E-state index contributed by atoms with van der Waals surface area (Å²) in [5.41, 5.74) is -1.25. The Morgan fingerprint density at radius 3 is 2.23 bits per heavy atom. The van der Waals surface area contributed by atoms with E-state index in [1.54, 1.807) is 6.07 Å². The minimum atomic E-state index is -4.65. The zero-order valence-corrected chi connectivity index (χ0v) is 12.2. The minimum absolute atomic E-state index is 0.0422. The number of sulfonamides is 1. The van der Waals surface area contributed by atoms with E-state index in [1.165, 1.54) is 30.3 Å². The number of hydrogen-bond donors (Lipinski definition) is 1. The molecule has 1 N–H and O–H groups in total. The van der Waals surface area contributed by atoms with Gasteiger partial charge in [-0.05, 0) is 30.3 Å². The van der Waals surface area contributed by atoms with Crippen LogP contribution in [0, 0.1) is 0 Å². The van der Waals surface area contributed by atoms with Crippen LogP contribution >= 0.6 is 0 Å². The summed E-state index contributed by atoms with van der Waals surface area (Å²) in [6.45, 7) is 0. The molecule has 0 atom stereocenters. The van der Waals surface area contributed by atoms with Gasteiger partial charge in [-0.25, -0.2) is 8.42 Å². The Bertz CT molecular complexity index is 759. The molecule has 0 spiro atoms. The van der Waals surface area contributed by atoms with Crippen LogP contribution in [-0.4, -0.2) is 15.5 Å². The van der Waals surface area contributed by atoms with E-state index >= 15 is 0 Å². The van der Waals surface area contributed by atoms with E-state index in [2.05, 4.69) is 9.46 Å². The van der Waals surface area contributed by atoms with Gasteiger partial charge in [-0.1, -0.05) is 18.2 Å². The third kappa shape index (κ3) is 3.51. The molecular formula is C14H12F3NO3S. The highest BCUT2D eigenvalue weighted by atomic mass is 32.2. The predicted molar refractivity (Wildman–Crippen MR) is 75.2 cm³/mol. The second kappa shape index (κ2) is 5.88. The van der Waals surface area contributed by atoms with Crippen LogP contribution in [-0.2, 0) is 16.2 Å². The third-order valence-corrected chi connectivity index (χ3v) is 4.21. The van der Waals surface area contributed by atoms with Crippen LogP contribution < -0.4 is 9.46 Å². The summed E-state index contributed by atoms with van der Waals surface area (Å²) >= 11 is 0. The maximum atomic E-state index is 12.9. The minimum Gasteiger partial charge on any atom is -0.496 e. The summed E-state index contributed by atoms with van der Waals surface area (Å²) in [6, 6.07) is 10.3. The SMILES string of the molecule is COc1ccc(NS(=O)(=O)c2ccccc2)cc1C(F)(F)F. The maximum absolute atomic E-state index is 12.9. The van der Waals surface area contributed by atoms with E-state index < -0.39 is 21.8 Å².